The average Bonchev–Trinajstić information content (AvgIpc) is 2.89. The third kappa shape index (κ3) is 4.76. The number of likely N-dealkylation sites (N-methyl/N-ethyl adjacent to an activating group) is 1. The fraction of sp³-hybridized carbons (Fsp3) is 0.300. The Bertz CT molecular complexity index is 1640. The molecular formula is C30H28ClN3O6. The zero-order chi connectivity index (χ0) is 28.0. The van der Waals surface area contributed by atoms with Gasteiger partial charge < -0.3 is 29.2 Å². The quantitative estimate of drug-likeness (QED) is 0.342. The van der Waals surface area contributed by atoms with Crippen molar-refractivity contribution >= 4 is 34.4 Å². The van der Waals surface area contributed by atoms with Crippen LogP contribution < -0.4 is 10.3 Å². The van der Waals surface area contributed by atoms with Crippen molar-refractivity contribution in [1.82, 2.24) is 9.88 Å². The van der Waals surface area contributed by atoms with Crippen molar-refractivity contribution in [3.8, 4) is 22.8 Å². The number of fused-ring (bicyclic) bond motifs is 1. The van der Waals surface area contributed by atoms with E-state index in [2.05, 4.69) is 9.88 Å². The van der Waals surface area contributed by atoms with Crippen LogP contribution in [0.15, 0.2) is 70.0 Å². The number of nitrogens with zero attached hydrogens (tertiary/aromatic N) is 3. The van der Waals surface area contributed by atoms with Crippen molar-refractivity contribution in [2.75, 3.05) is 38.1 Å². The Kier molecular flexibility index (Phi) is 6.85. The number of halogens is 1. The number of esters is 1. The highest BCUT2D eigenvalue weighted by molar-refractivity contribution is 6.33. The van der Waals surface area contributed by atoms with E-state index < -0.39 is 17.5 Å². The predicted molar refractivity (Wildman–Crippen MR) is 151 cm³/mol. The number of carbonyl (C=O) groups is 1. The van der Waals surface area contributed by atoms with Crippen molar-refractivity contribution in [3.63, 3.8) is 0 Å². The average molecular weight is 562 g/mol. The molecule has 4 aromatic rings. The highest BCUT2D eigenvalue weighted by atomic mass is 35.5. The van der Waals surface area contributed by atoms with Crippen LogP contribution in [0.5, 0.6) is 11.5 Å². The molecule has 2 aromatic carbocycles. The number of likely N-dealkylation sites (tertiary alicyclic amines) is 1. The topological polar surface area (TPSA) is 116 Å². The Hall–Kier alpha value is -4.08. The van der Waals surface area contributed by atoms with Gasteiger partial charge in [0.1, 0.15) is 40.2 Å². The van der Waals surface area contributed by atoms with Gasteiger partial charge in [-0.2, -0.15) is 0 Å². The molecule has 10 heteroatoms. The number of rotatable bonds is 5. The molecule has 2 N–H and O–H groups in total. The van der Waals surface area contributed by atoms with E-state index in [-0.39, 0.29) is 40.1 Å². The Morgan fingerprint density at radius 1 is 1.07 bits per heavy atom. The maximum Gasteiger partial charge on any atom is 0.312 e. The zero-order valence-electron chi connectivity index (χ0n) is 21.8. The molecular weight excluding hydrogens is 534 g/mol. The Balaban J connectivity index is 1.34. The molecule has 2 aliphatic rings. The van der Waals surface area contributed by atoms with Gasteiger partial charge in [-0.1, -0.05) is 29.8 Å². The minimum atomic E-state index is -0.608. The van der Waals surface area contributed by atoms with Gasteiger partial charge in [0.15, 0.2) is 5.43 Å². The minimum absolute atomic E-state index is 0.0439. The summed E-state index contributed by atoms with van der Waals surface area (Å²) >= 11 is 6.38. The van der Waals surface area contributed by atoms with Gasteiger partial charge in [-0.05, 0) is 44.3 Å². The molecule has 0 unspecified atom stereocenters. The van der Waals surface area contributed by atoms with E-state index in [1.807, 2.05) is 30.1 Å². The fourth-order valence-corrected chi connectivity index (χ4v) is 5.82. The maximum absolute atomic E-state index is 13.2. The molecule has 40 heavy (non-hydrogen) atoms. The lowest BCUT2D eigenvalue weighted by Crippen LogP contribution is -2.53. The van der Waals surface area contributed by atoms with E-state index in [1.165, 1.54) is 6.07 Å². The standard InChI is InChI=1S/C30H28ClN3O6/c1-33-11-9-19(25(16-33)40-30(38)17-14-34(15-17)26-8-4-5-10-32-26)27-21(35)12-22(36)28-23(37)13-24(39-29(27)28)18-6-2-3-7-20(18)31/h2-8,10,12-13,17,19,25,35-36H,9,11,14-16H2,1H3/t19-,25+/m0/s1. The first kappa shape index (κ1) is 26.2. The summed E-state index contributed by atoms with van der Waals surface area (Å²) in [5, 5.41) is 22.0. The molecule has 4 heterocycles. The third-order valence-corrected chi connectivity index (χ3v) is 8.06. The van der Waals surface area contributed by atoms with Crippen molar-refractivity contribution in [2.45, 2.75) is 18.4 Å². The first-order valence-electron chi connectivity index (χ1n) is 13.1. The number of aromatic hydroxyl groups is 2. The lowest BCUT2D eigenvalue weighted by molar-refractivity contribution is -0.158. The van der Waals surface area contributed by atoms with Crippen LogP contribution in [0.1, 0.15) is 17.9 Å². The Morgan fingerprint density at radius 3 is 2.60 bits per heavy atom. The number of aromatic nitrogens is 1. The van der Waals surface area contributed by atoms with Crippen LogP contribution in [0.2, 0.25) is 5.02 Å². The van der Waals surface area contributed by atoms with E-state index >= 15 is 0 Å². The van der Waals surface area contributed by atoms with E-state index in [4.69, 9.17) is 20.8 Å². The van der Waals surface area contributed by atoms with Gasteiger partial charge in [0.25, 0.3) is 0 Å². The lowest BCUT2D eigenvalue weighted by Gasteiger charge is -2.41. The molecule has 2 fully saturated rings. The van der Waals surface area contributed by atoms with E-state index in [0.29, 0.717) is 48.7 Å². The van der Waals surface area contributed by atoms with Gasteiger partial charge in [0, 0.05) is 55.0 Å². The minimum Gasteiger partial charge on any atom is -0.507 e. The SMILES string of the molecule is CN1CC[C@H](c2c(O)cc(O)c3c(=O)cc(-c4ccccc4Cl)oc23)[C@H](OC(=O)C2CN(c3ccccn3)C2)C1. The van der Waals surface area contributed by atoms with Crippen molar-refractivity contribution in [3.05, 3.63) is 81.6 Å². The van der Waals surface area contributed by atoms with Crippen LogP contribution in [-0.4, -0.2) is 65.4 Å². The molecule has 9 nitrogen and oxygen atoms in total. The van der Waals surface area contributed by atoms with Crippen LogP contribution in [0, 0.1) is 5.92 Å². The third-order valence-electron chi connectivity index (χ3n) is 7.73. The maximum atomic E-state index is 13.2. The molecule has 206 valence electrons. The molecule has 2 saturated heterocycles. The summed E-state index contributed by atoms with van der Waals surface area (Å²) in [5.41, 5.74) is 0.417. The number of benzene rings is 2. The number of ether oxygens (including phenoxy) is 1. The molecule has 2 atom stereocenters. The number of carbonyl (C=O) groups excluding carboxylic acids is 1. The first-order chi connectivity index (χ1) is 19.3. The van der Waals surface area contributed by atoms with E-state index in [0.717, 1.165) is 11.9 Å². The number of piperidine rings is 1. The number of hydrogen-bond acceptors (Lipinski definition) is 9. The van der Waals surface area contributed by atoms with Crippen LogP contribution in [-0.2, 0) is 9.53 Å². The number of hydrogen-bond donors (Lipinski definition) is 2. The van der Waals surface area contributed by atoms with Crippen molar-refractivity contribution < 1.29 is 24.2 Å². The lowest BCUT2D eigenvalue weighted by atomic mass is 9.85. The second kappa shape index (κ2) is 10.5. The summed E-state index contributed by atoms with van der Waals surface area (Å²) < 4.78 is 12.3. The number of anilines is 1. The summed E-state index contributed by atoms with van der Waals surface area (Å²) in [6.45, 7) is 2.12. The van der Waals surface area contributed by atoms with Crippen molar-refractivity contribution in [2.24, 2.45) is 5.92 Å². The summed E-state index contributed by atoms with van der Waals surface area (Å²) in [6, 6.07) is 15.0. The van der Waals surface area contributed by atoms with Gasteiger partial charge in [-0.3, -0.25) is 9.59 Å². The molecule has 0 aliphatic carbocycles. The van der Waals surface area contributed by atoms with Gasteiger partial charge in [0.2, 0.25) is 0 Å². The van der Waals surface area contributed by atoms with Crippen LogP contribution in [0.4, 0.5) is 5.82 Å². The fourth-order valence-electron chi connectivity index (χ4n) is 5.60. The summed E-state index contributed by atoms with van der Waals surface area (Å²) in [7, 11) is 1.94. The number of phenolic OH excluding ortho intramolecular Hbond substituents is 2. The number of phenols is 2. The molecule has 0 radical (unpaired) electrons. The predicted octanol–water partition coefficient (Wildman–Crippen LogP) is 4.39. The Morgan fingerprint density at radius 2 is 1.85 bits per heavy atom. The zero-order valence-corrected chi connectivity index (χ0v) is 22.5. The van der Waals surface area contributed by atoms with Crippen LogP contribution in [0.3, 0.4) is 0 Å². The molecule has 0 saturated carbocycles. The number of pyridine rings is 1. The second-order valence-corrected chi connectivity index (χ2v) is 10.8. The van der Waals surface area contributed by atoms with E-state index in [1.54, 1.807) is 30.5 Å². The molecule has 2 aliphatic heterocycles. The largest absolute Gasteiger partial charge is 0.507 e. The Labute approximate surface area is 235 Å². The van der Waals surface area contributed by atoms with Crippen LogP contribution >= 0.6 is 11.6 Å². The molecule has 0 amide bonds. The van der Waals surface area contributed by atoms with E-state index in [9.17, 15) is 19.8 Å². The molecule has 2 aromatic heterocycles. The van der Waals surface area contributed by atoms with Gasteiger partial charge in [-0.25, -0.2) is 4.98 Å². The monoisotopic (exact) mass is 561 g/mol. The van der Waals surface area contributed by atoms with Gasteiger partial charge in [-0.15, -0.1) is 0 Å². The van der Waals surface area contributed by atoms with Gasteiger partial charge in [0.05, 0.1) is 10.9 Å². The highest BCUT2D eigenvalue weighted by Gasteiger charge is 2.40. The van der Waals surface area contributed by atoms with Crippen LogP contribution in [0.25, 0.3) is 22.3 Å². The molecule has 6 rings (SSSR count). The molecule has 0 spiro atoms. The summed E-state index contributed by atoms with van der Waals surface area (Å²) in [4.78, 5) is 34.8. The van der Waals surface area contributed by atoms with Gasteiger partial charge >= 0.3 is 5.97 Å². The second-order valence-electron chi connectivity index (χ2n) is 10.4. The summed E-state index contributed by atoms with van der Waals surface area (Å²) in [5.74, 6) is -0.694. The molecule has 0 bridgehead atoms. The summed E-state index contributed by atoms with van der Waals surface area (Å²) in [6.07, 6.45) is 1.64. The first-order valence-corrected chi connectivity index (χ1v) is 13.5. The normalized spacial score (nSPS) is 19.9. The van der Waals surface area contributed by atoms with Crippen molar-refractivity contribution in [1.29, 1.82) is 0 Å². The smallest absolute Gasteiger partial charge is 0.312 e. The highest BCUT2D eigenvalue weighted by Crippen LogP contribution is 2.44.